The first-order valence-electron chi connectivity index (χ1n) is 4.59. The van der Waals surface area contributed by atoms with Gasteiger partial charge in [-0.05, 0) is 25.0 Å². The van der Waals surface area contributed by atoms with Crippen LogP contribution in [-0.4, -0.2) is 18.5 Å². The molecule has 14 heavy (non-hydrogen) atoms. The maximum absolute atomic E-state index is 10.7. The van der Waals surface area contributed by atoms with Crippen molar-refractivity contribution in [3.63, 3.8) is 0 Å². The molecule has 0 unspecified atom stereocenters. The van der Waals surface area contributed by atoms with E-state index in [2.05, 4.69) is 4.90 Å². The highest BCUT2D eigenvalue weighted by Gasteiger charge is 2.22. The Balaban J connectivity index is 2.58. The summed E-state index contributed by atoms with van der Waals surface area (Å²) in [5.74, 6) is 0. The zero-order valence-electron chi connectivity index (χ0n) is 8.28. The maximum Gasteiger partial charge on any atom is 0.272 e. The number of benzene rings is 1. The Kier molecular flexibility index (Phi) is 1.91. The molecule has 1 aromatic rings. The van der Waals surface area contributed by atoms with Gasteiger partial charge in [-0.15, -0.1) is 0 Å². The van der Waals surface area contributed by atoms with Gasteiger partial charge in [0, 0.05) is 30.9 Å². The first-order chi connectivity index (χ1) is 6.61. The number of hydrogen-bond donors (Lipinski definition) is 0. The summed E-state index contributed by atoms with van der Waals surface area (Å²) in [6.45, 7) is 2.79. The molecule has 1 aromatic carbocycles. The Morgan fingerprint density at radius 3 is 2.86 bits per heavy atom. The van der Waals surface area contributed by atoms with Crippen molar-refractivity contribution in [2.45, 2.75) is 13.3 Å². The smallest absolute Gasteiger partial charge is 0.272 e. The molecule has 0 spiro atoms. The Morgan fingerprint density at radius 1 is 1.50 bits per heavy atom. The van der Waals surface area contributed by atoms with Gasteiger partial charge in [0.1, 0.15) is 0 Å². The van der Waals surface area contributed by atoms with Crippen LogP contribution in [0.1, 0.15) is 11.1 Å². The van der Waals surface area contributed by atoms with Gasteiger partial charge in [-0.1, -0.05) is 0 Å². The van der Waals surface area contributed by atoms with Crippen LogP contribution in [0.2, 0.25) is 0 Å². The van der Waals surface area contributed by atoms with E-state index in [0.29, 0.717) is 0 Å². The highest BCUT2D eigenvalue weighted by molar-refractivity contribution is 5.65. The fourth-order valence-electron chi connectivity index (χ4n) is 2.00. The van der Waals surface area contributed by atoms with Crippen LogP contribution in [0.3, 0.4) is 0 Å². The van der Waals surface area contributed by atoms with Gasteiger partial charge in [0.05, 0.1) is 4.92 Å². The van der Waals surface area contributed by atoms with Gasteiger partial charge < -0.3 is 4.90 Å². The lowest BCUT2D eigenvalue weighted by Crippen LogP contribution is -2.12. The molecule has 0 aromatic heterocycles. The van der Waals surface area contributed by atoms with Crippen molar-refractivity contribution in [3.05, 3.63) is 33.4 Å². The van der Waals surface area contributed by atoms with E-state index in [4.69, 9.17) is 0 Å². The molecule has 0 bridgehead atoms. The lowest BCUT2D eigenvalue weighted by molar-refractivity contribution is -0.385. The van der Waals surface area contributed by atoms with Gasteiger partial charge in [-0.3, -0.25) is 10.1 Å². The van der Waals surface area contributed by atoms with Crippen LogP contribution in [0.4, 0.5) is 11.4 Å². The van der Waals surface area contributed by atoms with E-state index in [1.165, 1.54) is 0 Å². The summed E-state index contributed by atoms with van der Waals surface area (Å²) in [6, 6.07) is 3.43. The minimum absolute atomic E-state index is 0.235. The van der Waals surface area contributed by atoms with Gasteiger partial charge in [0.25, 0.3) is 5.69 Å². The standard InChI is InChI=1S/C10H12N2O2/c1-7-8-5-6-11(2)10(8)4-3-9(7)12(13)14/h3-4H,5-6H2,1-2H3. The highest BCUT2D eigenvalue weighted by Crippen LogP contribution is 2.34. The SMILES string of the molecule is Cc1c([N+](=O)[O-])ccc2c1CCN2C. The van der Waals surface area contributed by atoms with Crippen LogP contribution in [-0.2, 0) is 6.42 Å². The van der Waals surface area contributed by atoms with E-state index in [-0.39, 0.29) is 10.6 Å². The lowest BCUT2D eigenvalue weighted by atomic mass is 10.0. The van der Waals surface area contributed by atoms with Gasteiger partial charge in [-0.2, -0.15) is 0 Å². The van der Waals surface area contributed by atoms with Crippen LogP contribution >= 0.6 is 0 Å². The summed E-state index contributed by atoms with van der Waals surface area (Å²) >= 11 is 0. The molecular weight excluding hydrogens is 180 g/mol. The van der Waals surface area contributed by atoms with Crippen molar-refractivity contribution in [2.24, 2.45) is 0 Å². The molecule has 74 valence electrons. The minimum Gasteiger partial charge on any atom is -0.374 e. The van der Waals surface area contributed by atoms with E-state index in [1.807, 2.05) is 20.0 Å². The number of fused-ring (bicyclic) bond motifs is 1. The molecule has 2 rings (SSSR count). The number of nitro groups is 1. The normalized spacial score (nSPS) is 14.3. The van der Waals surface area contributed by atoms with E-state index in [0.717, 1.165) is 29.8 Å². The third-order valence-electron chi connectivity index (χ3n) is 2.85. The average Bonchev–Trinajstić information content (AvgIpc) is 2.49. The summed E-state index contributed by atoms with van der Waals surface area (Å²) < 4.78 is 0. The molecule has 4 heteroatoms. The number of hydrogen-bond acceptors (Lipinski definition) is 3. The van der Waals surface area contributed by atoms with Crippen LogP contribution in [0.25, 0.3) is 0 Å². The molecule has 1 heterocycles. The molecular formula is C10H12N2O2. The summed E-state index contributed by atoms with van der Waals surface area (Å²) in [7, 11) is 2.01. The quantitative estimate of drug-likeness (QED) is 0.504. The molecule has 0 aliphatic carbocycles. The number of nitrogens with zero attached hydrogens (tertiary/aromatic N) is 2. The topological polar surface area (TPSA) is 46.4 Å². The van der Waals surface area contributed by atoms with Crippen molar-refractivity contribution in [3.8, 4) is 0 Å². The molecule has 0 amide bonds. The van der Waals surface area contributed by atoms with Gasteiger partial charge in [0.15, 0.2) is 0 Å². The summed E-state index contributed by atoms with van der Waals surface area (Å²) in [4.78, 5) is 12.5. The first kappa shape index (κ1) is 8.99. The van der Waals surface area contributed by atoms with Gasteiger partial charge >= 0.3 is 0 Å². The third kappa shape index (κ3) is 1.14. The number of likely N-dealkylation sites (N-methyl/N-ethyl adjacent to an activating group) is 1. The van der Waals surface area contributed by atoms with Crippen LogP contribution in [0, 0.1) is 17.0 Å². The molecule has 0 fully saturated rings. The summed E-state index contributed by atoms with van der Waals surface area (Å²) in [5.41, 5.74) is 3.31. The van der Waals surface area contributed by atoms with E-state index >= 15 is 0 Å². The minimum atomic E-state index is -0.312. The van der Waals surface area contributed by atoms with Crippen molar-refractivity contribution >= 4 is 11.4 Å². The Labute approximate surface area is 82.3 Å². The van der Waals surface area contributed by atoms with Crippen LogP contribution in [0.15, 0.2) is 12.1 Å². The molecule has 0 saturated carbocycles. The maximum atomic E-state index is 10.7. The predicted octanol–water partition coefficient (Wildman–Crippen LogP) is 1.90. The van der Waals surface area contributed by atoms with Crippen LogP contribution < -0.4 is 4.90 Å². The van der Waals surface area contributed by atoms with Gasteiger partial charge in [0.2, 0.25) is 0 Å². The monoisotopic (exact) mass is 192 g/mol. The molecule has 0 saturated heterocycles. The second-order valence-corrected chi connectivity index (χ2v) is 3.64. The lowest BCUT2D eigenvalue weighted by Gasteiger charge is -2.11. The van der Waals surface area contributed by atoms with Gasteiger partial charge in [-0.25, -0.2) is 0 Å². The Hall–Kier alpha value is -1.58. The number of anilines is 1. The first-order valence-corrected chi connectivity index (χ1v) is 4.59. The van der Waals surface area contributed by atoms with E-state index in [9.17, 15) is 10.1 Å². The third-order valence-corrected chi connectivity index (χ3v) is 2.85. The molecule has 4 nitrogen and oxygen atoms in total. The molecule has 0 N–H and O–H groups in total. The summed E-state index contributed by atoms with van der Waals surface area (Å²) in [5, 5.41) is 10.7. The fraction of sp³-hybridized carbons (Fsp3) is 0.400. The second-order valence-electron chi connectivity index (χ2n) is 3.64. The second kappa shape index (κ2) is 2.97. The van der Waals surface area contributed by atoms with Crippen molar-refractivity contribution < 1.29 is 4.92 Å². The largest absolute Gasteiger partial charge is 0.374 e. The van der Waals surface area contributed by atoms with E-state index in [1.54, 1.807) is 6.07 Å². The fourth-order valence-corrected chi connectivity index (χ4v) is 2.00. The average molecular weight is 192 g/mol. The van der Waals surface area contributed by atoms with Crippen molar-refractivity contribution in [1.82, 2.24) is 0 Å². The summed E-state index contributed by atoms with van der Waals surface area (Å²) in [6.07, 6.45) is 0.916. The van der Waals surface area contributed by atoms with Crippen molar-refractivity contribution in [1.29, 1.82) is 0 Å². The number of nitro benzene ring substituents is 1. The molecule has 0 radical (unpaired) electrons. The Morgan fingerprint density at radius 2 is 2.21 bits per heavy atom. The molecule has 0 atom stereocenters. The van der Waals surface area contributed by atoms with E-state index < -0.39 is 0 Å². The van der Waals surface area contributed by atoms with Crippen molar-refractivity contribution in [2.75, 3.05) is 18.5 Å². The Bertz CT molecular complexity index is 401. The zero-order valence-corrected chi connectivity index (χ0v) is 8.28. The molecule has 1 aliphatic heterocycles. The predicted molar refractivity (Wildman–Crippen MR) is 54.8 cm³/mol. The number of rotatable bonds is 1. The van der Waals surface area contributed by atoms with Crippen LogP contribution in [0.5, 0.6) is 0 Å². The highest BCUT2D eigenvalue weighted by atomic mass is 16.6. The molecule has 1 aliphatic rings. The zero-order chi connectivity index (χ0) is 10.3.